The summed E-state index contributed by atoms with van der Waals surface area (Å²) in [4.78, 5) is 22.3. The number of carbonyl (C=O) groups is 1. The van der Waals surface area contributed by atoms with Crippen LogP contribution in [0, 0.1) is 10.1 Å². The Morgan fingerprint density at radius 2 is 1.83 bits per heavy atom. The molecule has 2 N–H and O–H groups in total. The molecule has 188 valence electrons. The summed E-state index contributed by atoms with van der Waals surface area (Å²) in [6.07, 6.45) is -5.68. The van der Waals surface area contributed by atoms with Gasteiger partial charge in [-0.2, -0.15) is 8.42 Å². The molecule has 0 aromatic heterocycles. The third-order valence-corrected chi connectivity index (χ3v) is 5.78. The van der Waals surface area contributed by atoms with Gasteiger partial charge in [0.05, 0.1) is 11.5 Å². The van der Waals surface area contributed by atoms with Gasteiger partial charge in [-0.3, -0.25) is 19.5 Å². The molecule has 0 radical (unpaired) electrons. The lowest BCUT2D eigenvalue weighted by molar-refractivity contribution is -0.384. The van der Waals surface area contributed by atoms with Crippen LogP contribution in [0.3, 0.4) is 0 Å². The Morgan fingerprint density at radius 3 is 2.43 bits per heavy atom. The quantitative estimate of drug-likeness (QED) is 0.314. The third-order valence-electron chi connectivity index (χ3n) is 5.31. The SMILES string of the molecule is CC(=O)N[C@H]1[C@H](Oc2ccc([N+](=O)[O-])cc2)O[C@@H]2CO[C@@H](c3ccccc3)O[C@H]2[C@@H]1OS(=O)(=O)O. The first-order chi connectivity index (χ1) is 16.6. The zero-order chi connectivity index (χ0) is 25.2. The molecule has 1 amide bonds. The number of nitro benzene ring substituents is 1. The van der Waals surface area contributed by atoms with Crippen LogP contribution in [0.1, 0.15) is 18.8 Å². The van der Waals surface area contributed by atoms with Crippen molar-refractivity contribution >= 4 is 22.0 Å². The molecule has 2 aromatic carbocycles. The Labute approximate surface area is 200 Å². The van der Waals surface area contributed by atoms with E-state index in [1.54, 1.807) is 30.3 Å². The molecular weight excluding hydrogens is 488 g/mol. The molecule has 2 aliphatic heterocycles. The van der Waals surface area contributed by atoms with Gasteiger partial charge in [-0.05, 0) is 12.1 Å². The summed E-state index contributed by atoms with van der Waals surface area (Å²) in [7, 11) is -4.99. The molecule has 4 rings (SSSR count). The fourth-order valence-electron chi connectivity index (χ4n) is 3.88. The van der Waals surface area contributed by atoms with E-state index in [1.807, 2.05) is 0 Å². The predicted molar refractivity (Wildman–Crippen MR) is 116 cm³/mol. The van der Waals surface area contributed by atoms with Gasteiger partial charge in [-0.15, -0.1) is 0 Å². The Balaban J connectivity index is 1.64. The van der Waals surface area contributed by atoms with Gasteiger partial charge in [0.25, 0.3) is 5.69 Å². The van der Waals surface area contributed by atoms with Gasteiger partial charge >= 0.3 is 10.4 Å². The van der Waals surface area contributed by atoms with Gasteiger partial charge in [0.2, 0.25) is 12.2 Å². The van der Waals surface area contributed by atoms with Crippen LogP contribution in [-0.2, 0) is 33.6 Å². The van der Waals surface area contributed by atoms with Crippen LogP contribution in [0.15, 0.2) is 54.6 Å². The highest BCUT2D eigenvalue weighted by molar-refractivity contribution is 7.80. The lowest BCUT2D eigenvalue weighted by Gasteiger charge is -2.48. The van der Waals surface area contributed by atoms with Crippen molar-refractivity contribution < 1.29 is 45.8 Å². The van der Waals surface area contributed by atoms with E-state index in [0.717, 1.165) is 0 Å². The molecular formula is C21H22N2O11S. The molecule has 0 saturated carbocycles. The first-order valence-corrected chi connectivity index (χ1v) is 11.8. The normalized spacial score (nSPS) is 28.5. The summed E-state index contributed by atoms with van der Waals surface area (Å²) in [6.45, 7) is 1.14. The number of nitrogens with zero attached hydrogens (tertiary/aromatic N) is 1. The number of nitrogens with one attached hydrogen (secondary N) is 1. The van der Waals surface area contributed by atoms with Crippen molar-refractivity contribution in [3.05, 3.63) is 70.3 Å². The van der Waals surface area contributed by atoms with Crippen LogP contribution in [0.2, 0.25) is 0 Å². The van der Waals surface area contributed by atoms with Gasteiger partial charge in [-0.25, -0.2) is 4.18 Å². The minimum Gasteiger partial charge on any atom is -0.463 e. The van der Waals surface area contributed by atoms with Crippen molar-refractivity contribution in [2.75, 3.05) is 6.61 Å². The number of amides is 1. The van der Waals surface area contributed by atoms with E-state index in [9.17, 15) is 27.9 Å². The molecule has 2 heterocycles. The van der Waals surface area contributed by atoms with E-state index < -0.39 is 58.2 Å². The third kappa shape index (κ3) is 6.11. The molecule has 2 aliphatic rings. The second-order valence-electron chi connectivity index (χ2n) is 7.80. The molecule has 0 unspecified atom stereocenters. The maximum absolute atomic E-state index is 12.0. The topological polar surface area (TPSA) is 173 Å². The number of nitro groups is 1. The molecule has 2 fully saturated rings. The molecule has 0 spiro atoms. The van der Waals surface area contributed by atoms with Crippen molar-refractivity contribution in [3.8, 4) is 5.75 Å². The lowest BCUT2D eigenvalue weighted by Crippen LogP contribution is -2.68. The second kappa shape index (κ2) is 10.2. The Hall–Kier alpha value is -3.14. The molecule has 35 heavy (non-hydrogen) atoms. The summed E-state index contributed by atoms with van der Waals surface area (Å²) in [5.41, 5.74) is 0.478. The number of hydrogen-bond acceptors (Lipinski definition) is 10. The van der Waals surface area contributed by atoms with E-state index in [1.165, 1.54) is 31.2 Å². The highest BCUT2D eigenvalue weighted by atomic mass is 32.3. The van der Waals surface area contributed by atoms with Gasteiger partial charge in [0, 0.05) is 24.6 Å². The molecule has 2 aromatic rings. The lowest BCUT2D eigenvalue weighted by atomic mass is 9.95. The fourth-order valence-corrected chi connectivity index (χ4v) is 4.39. The van der Waals surface area contributed by atoms with Crippen molar-refractivity contribution in [2.45, 2.75) is 43.9 Å². The van der Waals surface area contributed by atoms with Gasteiger partial charge < -0.3 is 24.3 Å². The number of non-ortho nitro benzene ring substituents is 1. The zero-order valence-electron chi connectivity index (χ0n) is 18.3. The smallest absolute Gasteiger partial charge is 0.397 e. The second-order valence-corrected chi connectivity index (χ2v) is 8.85. The number of hydrogen-bond donors (Lipinski definition) is 2. The standard InChI is InChI=1S/C21H22N2O11S/c1-12(24)22-17-19(34-35(27,28)29)18-16(11-30-20(33-18)13-5-3-2-4-6-13)32-21(17)31-15-9-7-14(8-10-15)23(25)26/h2-10,16-21H,11H2,1H3,(H,22,24)(H,27,28,29)/t16-,17-,18-,19-,20-,21-/m1/s1. The zero-order valence-corrected chi connectivity index (χ0v) is 19.1. The van der Waals surface area contributed by atoms with E-state index in [4.69, 9.17) is 23.1 Å². The molecule has 6 atom stereocenters. The number of ether oxygens (including phenoxy) is 4. The monoisotopic (exact) mass is 510 g/mol. The van der Waals surface area contributed by atoms with Crippen LogP contribution in [-0.4, -0.2) is 61.1 Å². The average molecular weight is 510 g/mol. The summed E-state index contributed by atoms with van der Waals surface area (Å²) in [6, 6.07) is 12.6. The predicted octanol–water partition coefficient (Wildman–Crippen LogP) is 1.51. The van der Waals surface area contributed by atoms with Crippen LogP contribution < -0.4 is 10.1 Å². The number of fused-ring (bicyclic) bond motifs is 1. The van der Waals surface area contributed by atoms with Crippen LogP contribution in [0.5, 0.6) is 5.75 Å². The van der Waals surface area contributed by atoms with E-state index >= 15 is 0 Å². The van der Waals surface area contributed by atoms with Crippen molar-refractivity contribution in [2.24, 2.45) is 0 Å². The number of rotatable bonds is 7. The molecule has 2 saturated heterocycles. The first kappa shape index (κ1) is 25.0. The van der Waals surface area contributed by atoms with Crippen molar-refractivity contribution in [1.29, 1.82) is 0 Å². The van der Waals surface area contributed by atoms with E-state index in [-0.39, 0.29) is 18.0 Å². The molecule has 14 heteroatoms. The van der Waals surface area contributed by atoms with Crippen LogP contribution in [0.4, 0.5) is 5.69 Å². The maximum Gasteiger partial charge on any atom is 0.397 e. The summed E-state index contributed by atoms with van der Waals surface area (Å²) >= 11 is 0. The number of carbonyl (C=O) groups excluding carboxylic acids is 1. The Bertz CT molecular complexity index is 1160. The summed E-state index contributed by atoms with van der Waals surface area (Å²) in [5, 5.41) is 13.4. The highest BCUT2D eigenvalue weighted by Crippen LogP contribution is 2.36. The molecule has 0 aliphatic carbocycles. The van der Waals surface area contributed by atoms with Crippen molar-refractivity contribution in [1.82, 2.24) is 5.32 Å². The van der Waals surface area contributed by atoms with Crippen LogP contribution >= 0.6 is 0 Å². The minimum absolute atomic E-state index is 0.0531. The van der Waals surface area contributed by atoms with E-state index in [2.05, 4.69) is 5.32 Å². The van der Waals surface area contributed by atoms with Gasteiger partial charge in [0.15, 0.2) is 6.29 Å². The number of benzene rings is 2. The Kier molecular flexibility index (Phi) is 7.30. The largest absolute Gasteiger partial charge is 0.463 e. The molecule has 0 bridgehead atoms. The average Bonchev–Trinajstić information content (AvgIpc) is 2.81. The summed E-state index contributed by atoms with van der Waals surface area (Å²) in [5.74, 6) is -0.426. The van der Waals surface area contributed by atoms with Gasteiger partial charge in [0.1, 0.15) is 30.1 Å². The fraction of sp³-hybridized carbons (Fsp3) is 0.381. The van der Waals surface area contributed by atoms with Crippen molar-refractivity contribution in [3.63, 3.8) is 0 Å². The van der Waals surface area contributed by atoms with Gasteiger partial charge in [-0.1, -0.05) is 30.3 Å². The summed E-state index contributed by atoms with van der Waals surface area (Å²) < 4.78 is 61.2. The van der Waals surface area contributed by atoms with E-state index in [0.29, 0.717) is 5.56 Å². The Morgan fingerprint density at radius 1 is 1.14 bits per heavy atom. The minimum atomic E-state index is -4.99. The maximum atomic E-state index is 12.0. The van der Waals surface area contributed by atoms with Crippen LogP contribution in [0.25, 0.3) is 0 Å². The molecule has 13 nitrogen and oxygen atoms in total. The first-order valence-electron chi connectivity index (χ1n) is 10.4. The highest BCUT2D eigenvalue weighted by Gasteiger charge is 2.53.